The molecular weight excluding hydrogens is 386 g/mol. The average Bonchev–Trinajstić information content (AvgIpc) is 3.00. The Balaban J connectivity index is 1.88. The van der Waals surface area contributed by atoms with Gasteiger partial charge in [-0.1, -0.05) is 32.0 Å². The number of azide groups is 1. The van der Waals surface area contributed by atoms with Gasteiger partial charge in [-0.25, -0.2) is 0 Å². The first kappa shape index (κ1) is 21.0. The minimum absolute atomic E-state index is 0.0121. The first-order chi connectivity index (χ1) is 14.1. The molecule has 0 amide bonds. The Kier molecular flexibility index (Phi) is 4.62. The average molecular weight is 413 g/mol. The fourth-order valence-electron chi connectivity index (χ4n) is 7.09. The Bertz CT molecular complexity index is 964. The number of allylic oxidation sites excluding steroid dienone is 3. The molecule has 0 radical (unpaired) electrons. The summed E-state index contributed by atoms with van der Waals surface area (Å²) in [5, 5.41) is 24.6. The van der Waals surface area contributed by atoms with Crippen LogP contribution in [-0.4, -0.2) is 39.8 Å². The number of aliphatic hydroxyl groups is 2. The number of aliphatic hydroxyl groups excluding tert-OH is 1. The molecule has 0 aliphatic heterocycles. The van der Waals surface area contributed by atoms with Gasteiger partial charge in [0.2, 0.25) is 11.6 Å². The molecule has 4 rings (SSSR count). The van der Waals surface area contributed by atoms with Gasteiger partial charge in [0.05, 0.1) is 0 Å². The second-order valence-corrected chi connectivity index (χ2v) is 9.76. The number of fused-ring (bicyclic) bond motifs is 5. The fourth-order valence-corrected chi connectivity index (χ4v) is 7.09. The van der Waals surface area contributed by atoms with Crippen molar-refractivity contribution < 1.29 is 24.6 Å². The van der Waals surface area contributed by atoms with Gasteiger partial charge in [-0.05, 0) is 60.6 Å². The molecule has 30 heavy (non-hydrogen) atoms. The zero-order valence-corrected chi connectivity index (χ0v) is 17.5. The Morgan fingerprint density at radius 3 is 2.57 bits per heavy atom. The molecule has 8 nitrogen and oxygen atoms in total. The van der Waals surface area contributed by atoms with Gasteiger partial charge in [0.1, 0.15) is 12.2 Å². The Labute approximate surface area is 174 Å². The molecule has 0 spiro atoms. The van der Waals surface area contributed by atoms with E-state index in [0.29, 0.717) is 30.5 Å². The van der Waals surface area contributed by atoms with Crippen molar-refractivity contribution in [1.82, 2.24) is 0 Å². The molecular formula is C22H27N3O5. The van der Waals surface area contributed by atoms with E-state index in [9.17, 15) is 24.6 Å². The lowest BCUT2D eigenvalue weighted by Gasteiger charge is -2.58. The number of hydrogen-bond acceptors (Lipinski definition) is 6. The molecule has 0 aromatic heterocycles. The largest absolute Gasteiger partial charge is 0.388 e. The van der Waals surface area contributed by atoms with E-state index in [1.54, 1.807) is 6.92 Å². The molecule has 0 heterocycles. The van der Waals surface area contributed by atoms with Gasteiger partial charge in [0.25, 0.3) is 0 Å². The molecule has 2 fully saturated rings. The number of carbonyl (C=O) groups excluding carboxylic acids is 3. The van der Waals surface area contributed by atoms with E-state index in [1.807, 2.05) is 19.9 Å². The van der Waals surface area contributed by atoms with E-state index < -0.39 is 46.3 Å². The van der Waals surface area contributed by atoms with Crippen molar-refractivity contribution in [3.8, 4) is 0 Å². The number of nitrogens with zero attached hydrogens (tertiary/aromatic N) is 3. The summed E-state index contributed by atoms with van der Waals surface area (Å²) in [5.74, 6) is -2.29. The molecule has 7 atom stereocenters. The van der Waals surface area contributed by atoms with Gasteiger partial charge in [-0.2, -0.15) is 0 Å². The zero-order valence-electron chi connectivity index (χ0n) is 17.5. The van der Waals surface area contributed by atoms with Crippen molar-refractivity contribution in [1.29, 1.82) is 0 Å². The summed E-state index contributed by atoms with van der Waals surface area (Å²) in [6.45, 7) is 4.93. The number of ketones is 3. The third-order valence-corrected chi connectivity index (χ3v) is 9.03. The maximum absolute atomic E-state index is 12.6. The van der Waals surface area contributed by atoms with E-state index in [-0.39, 0.29) is 24.2 Å². The molecule has 8 heteroatoms. The van der Waals surface area contributed by atoms with E-state index in [0.717, 1.165) is 0 Å². The van der Waals surface area contributed by atoms with Crippen LogP contribution in [0.5, 0.6) is 0 Å². The van der Waals surface area contributed by atoms with Crippen LogP contribution in [0.4, 0.5) is 0 Å². The second kappa shape index (κ2) is 6.61. The quantitative estimate of drug-likeness (QED) is 0.317. The molecule has 160 valence electrons. The van der Waals surface area contributed by atoms with E-state index in [4.69, 9.17) is 5.53 Å². The van der Waals surface area contributed by atoms with Gasteiger partial charge in [-0.3, -0.25) is 14.4 Å². The molecule has 0 aromatic rings. The van der Waals surface area contributed by atoms with E-state index >= 15 is 0 Å². The normalized spacial score (nSPS) is 44.8. The van der Waals surface area contributed by atoms with Crippen LogP contribution in [0.15, 0.2) is 28.5 Å². The summed E-state index contributed by atoms with van der Waals surface area (Å²) < 4.78 is 0. The Hall–Kier alpha value is -2.28. The van der Waals surface area contributed by atoms with Crippen molar-refractivity contribution in [3.05, 3.63) is 33.9 Å². The van der Waals surface area contributed by atoms with Gasteiger partial charge >= 0.3 is 0 Å². The smallest absolute Gasteiger partial charge is 0.222 e. The highest BCUT2D eigenvalue weighted by atomic mass is 16.3. The van der Waals surface area contributed by atoms with Crippen LogP contribution in [0.25, 0.3) is 10.4 Å². The lowest BCUT2D eigenvalue weighted by molar-refractivity contribution is -0.162. The van der Waals surface area contributed by atoms with Crippen molar-refractivity contribution in [2.75, 3.05) is 6.61 Å². The van der Waals surface area contributed by atoms with Gasteiger partial charge in [0, 0.05) is 27.4 Å². The highest BCUT2D eigenvalue weighted by Crippen LogP contribution is 2.67. The lowest BCUT2D eigenvalue weighted by Crippen LogP contribution is -2.59. The zero-order chi connectivity index (χ0) is 22.1. The highest BCUT2D eigenvalue weighted by molar-refractivity contribution is 6.43. The Morgan fingerprint density at radius 2 is 1.93 bits per heavy atom. The number of Topliss-reactive ketones (excluding diaryl/α,β-unsaturated/α-hetero) is 2. The minimum atomic E-state index is -1.59. The van der Waals surface area contributed by atoms with Crippen LogP contribution in [0.3, 0.4) is 0 Å². The Morgan fingerprint density at radius 1 is 1.27 bits per heavy atom. The molecule has 1 unspecified atom stereocenters. The van der Waals surface area contributed by atoms with Crippen molar-refractivity contribution in [3.63, 3.8) is 0 Å². The molecule has 0 aromatic carbocycles. The maximum Gasteiger partial charge on any atom is 0.222 e. The summed E-state index contributed by atoms with van der Waals surface area (Å²) in [6, 6.07) is 0. The monoisotopic (exact) mass is 413 g/mol. The van der Waals surface area contributed by atoms with Crippen LogP contribution >= 0.6 is 0 Å². The van der Waals surface area contributed by atoms with Gasteiger partial charge in [0.15, 0.2) is 5.78 Å². The summed E-state index contributed by atoms with van der Waals surface area (Å²) in [4.78, 5) is 40.3. The number of carbonyl (C=O) groups is 3. The lowest BCUT2D eigenvalue weighted by atomic mass is 9.45. The SMILES string of the molecule is CC1C(=O)C(=O)C=C2C(N=[N+]=[N-])=C[C@H]3[C@@H]4CC[C@](O)(C(=O)CO)[C@@]4(C)CC[C@@H]3[C@]21C. The van der Waals surface area contributed by atoms with Crippen LogP contribution < -0.4 is 0 Å². The van der Waals surface area contributed by atoms with Crippen LogP contribution in [0, 0.1) is 34.5 Å². The molecule has 0 bridgehead atoms. The maximum atomic E-state index is 12.6. The standard InChI is InChI=1S/C22H27N3O5/c1-11-19(29)17(27)9-15-16(24-25-23)8-12-13-5-7-22(30,18(28)10-26)20(13,2)6-4-14(12)21(11,15)3/h8-9,11-14,26,30H,4-7,10H2,1-3H3/t11?,12-,13-,14-,20-,21+,22-/m0/s1. The van der Waals surface area contributed by atoms with Crippen molar-refractivity contribution in [2.24, 2.45) is 39.6 Å². The van der Waals surface area contributed by atoms with Gasteiger partial charge < -0.3 is 10.2 Å². The molecule has 2 saturated carbocycles. The molecule has 4 aliphatic carbocycles. The number of hydrogen-bond donors (Lipinski definition) is 2. The molecule has 4 aliphatic rings. The fraction of sp³-hybridized carbons (Fsp3) is 0.682. The van der Waals surface area contributed by atoms with E-state index in [2.05, 4.69) is 10.0 Å². The van der Waals surface area contributed by atoms with Crippen molar-refractivity contribution in [2.45, 2.75) is 52.1 Å². The highest BCUT2D eigenvalue weighted by Gasteiger charge is 2.67. The summed E-state index contributed by atoms with van der Waals surface area (Å²) in [7, 11) is 0. The van der Waals surface area contributed by atoms with Crippen LogP contribution in [0.1, 0.15) is 46.5 Å². The first-order valence-corrected chi connectivity index (χ1v) is 10.5. The van der Waals surface area contributed by atoms with Crippen LogP contribution in [0.2, 0.25) is 0 Å². The minimum Gasteiger partial charge on any atom is -0.388 e. The topological polar surface area (TPSA) is 140 Å². The predicted molar refractivity (Wildman–Crippen MR) is 107 cm³/mol. The summed E-state index contributed by atoms with van der Waals surface area (Å²) in [6.07, 6.45) is 5.30. The van der Waals surface area contributed by atoms with Crippen molar-refractivity contribution >= 4 is 17.3 Å². The second-order valence-electron chi connectivity index (χ2n) is 9.76. The summed E-state index contributed by atoms with van der Waals surface area (Å²) >= 11 is 0. The van der Waals surface area contributed by atoms with E-state index in [1.165, 1.54) is 6.08 Å². The van der Waals surface area contributed by atoms with Gasteiger partial charge in [-0.15, -0.1) is 0 Å². The molecule has 0 saturated heterocycles. The third-order valence-electron chi connectivity index (χ3n) is 9.03. The molecule has 2 N–H and O–H groups in total. The number of rotatable bonds is 3. The first-order valence-electron chi connectivity index (χ1n) is 10.5. The van der Waals surface area contributed by atoms with Crippen LogP contribution in [-0.2, 0) is 14.4 Å². The predicted octanol–water partition coefficient (Wildman–Crippen LogP) is 2.65. The summed E-state index contributed by atoms with van der Waals surface area (Å²) in [5.41, 5.74) is 7.12. The third kappa shape index (κ3) is 2.35.